The number of β-lactam (4-membered cyclic amide) rings is 1. The van der Waals surface area contributed by atoms with Crippen molar-refractivity contribution in [2.45, 2.75) is 32.4 Å². The molecular formula is C19H20N3NaO4S. The van der Waals surface area contributed by atoms with Crippen LogP contribution in [0.2, 0.25) is 0 Å². The van der Waals surface area contributed by atoms with Crippen molar-refractivity contribution in [3.8, 4) is 0 Å². The number of carbonyl (C=O) groups is 2. The fourth-order valence-electron chi connectivity index (χ4n) is 4.14. The summed E-state index contributed by atoms with van der Waals surface area (Å²) in [5.74, 6) is -1.70. The molecule has 4 atom stereocenters. The van der Waals surface area contributed by atoms with E-state index < -0.39 is 18.0 Å². The first-order chi connectivity index (χ1) is 12.9. The molecule has 0 unspecified atom stereocenters. The van der Waals surface area contributed by atoms with Gasteiger partial charge in [-0.2, -0.15) is 0 Å². The molecule has 28 heavy (non-hydrogen) atoms. The van der Waals surface area contributed by atoms with Gasteiger partial charge in [0.1, 0.15) is 5.65 Å². The van der Waals surface area contributed by atoms with Gasteiger partial charge in [0.25, 0.3) is 0 Å². The molecule has 1 saturated heterocycles. The Morgan fingerprint density at radius 2 is 2.18 bits per heavy atom. The normalized spacial score (nSPS) is 24.8. The number of pyridine rings is 1. The van der Waals surface area contributed by atoms with Gasteiger partial charge in [0.2, 0.25) is 5.91 Å². The summed E-state index contributed by atoms with van der Waals surface area (Å²) in [6, 6.07) is 5.49. The summed E-state index contributed by atoms with van der Waals surface area (Å²) >= 11 is 1.44. The second-order valence-electron chi connectivity index (χ2n) is 7.03. The average molecular weight is 409 g/mol. The van der Waals surface area contributed by atoms with E-state index in [1.165, 1.54) is 16.7 Å². The largest absolute Gasteiger partial charge is 1.00 e. The van der Waals surface area contributed by atoms with Gasteiger partial charge in [0, 0.05) is 34.7 Å². The van der Waals surface area contributed by atoms with E-state index in [0.717, 1.165) is 11.3 Å². The summed E-state index contributed by atoms with van der Waals surface area (Å²) in [4.78, 5) is 30.3. The Kier molecular flexibility index (Phi) is 6.26. The van der Waals surface area contributed by atoms with Crippen LogP contribution in [0.15, 0.2) is 41.2 Å². The second-order valence-corrected chi connectivity index (χ2v) is 8.17. The quantitative estimate of drug-likeness (QED) is 0.416. The molecule has 2 aliphatic heterocycles. The smallest absolute Gasteiger partial charge is 0.543 e. The number of fused-ring (bicyclic) bond motifs is 2. The summed E-state index contributed by atoms with van der Waals surface area (Å²) < 4.78 is 2.01. The number of aliphatic hydroxyl groups is 1. The van der Waals surface area contributed by atoms with Crippen LogP contribution in [0.5, 0.6) is 0 Å². The van der Waals surface area contributed by atoms with Crippen molar-refractivity contribution in [1.29, 1.82) is 0 Å². The summed E-state index contributed by atoms with van der Waals surface area (Å²) in [5, 5.41) is 21.6. The summed E-state index contributed by atoms with van der Waals surface area (Å²) in [6.07, 6.45) is 3.68. The fourth-order valence-corrected chi connectivity index (χ4v) is 5.39. The number of hydrogen-bond acceptors (Lipinski definition) is 6. The number of carboxylic acid groups (broad SMARTS) is 1. The number of carboxylic acids is 1. The third-order valence-electron chi connectivity index (χ3n) is 5.41. The minimum Gasteiger partial charge on any atom is -0.543 e. The number of aliphatic carboxylic acids is 1. The van der Waals surface area contributed by atoms with Gasteiger partial charge >= 0.3 is 29.6 Å². The molecule has 0 saturated carbocycles. The van der Waals surface area contributed by atoms with Crippen molar-refractivity contribution in [3.05, 3.63) is 46.9 Å². The van der Waals surface area contributed by atoms with Crippen LogP contribution in [0.3, 0.4) is 0 Å². The topological polar surface area (TPSA) is 98.0 Å². The van der Waals surface area contributed by atoms with Crippen LogP contribution in [0.4, 0.5) is 0 Å². The summed E-state index contributed by atoms with van der Waals surface area (Å²) in [5.41, 5.74) is 1.88. The number of nitrogens with zero attached hydrogens (tertiary/aromatic N) is 3. The van der Waals surface area contributed by atoms with Gasteiger partial charge < -0.3 is 24.3 Å². The van der Waals surface area contributed by atoms with Gasteiger partial charge in [-0.25, -0.2) is 4.98 Å². The maximum absolute atomic E-state index is 12.3. The average Bonchev–Trinajstić information content (AvgIpc) is 3.13. The van der Waals surface area contributed by atoms with Gasteiger partial charge in [-0.05, 0) is 25.5 Å². The Morgan fingerprint density at radius 3 is 2.86 bits per heavy atom. The molecule has 7 nitrogen and oxygen atoms in total. The van der Waals surface area contributed by atoms with Gasteiger partial charge in [-0.1, -0.05) is 13.0 Å². The van der Waals surface area contributed by atoms with E-state index >= 15 is 0 Å². The molecule has 142 valence electrons. The van der Waals surface area contributed by atoms with Crippen molar-refractivity contribution >= 4 is 29.3 Å². The molecular weight excluding hydrogens is 389 g/mol. The number of rotatable bonds is 6. The fraction of sp³-hybridized carbons (Fsp3) is 0.421. The first-order valence-electron chi connectivity index (χ1n) is 8.92. The Morgan fingerprint density at radius 1 is 1.43 bits per heavy atom. The number of hydrogen-bond donors (Lipinski definition) is 1. The zero-order valence-electron chi connectivity index (χ0n) is 16.0. The molecule has 0 spiro atoms. The number of aryl methyl sites for hydroxylation is 1. The van der Waals surface area contributed by atoms with Crippen molar-refractivity contribution in [3.63, 3.8) is 0 Å². The van der Waals surface area contributed by atoms with E-state index in [1.54, 1.807) is 6.92 Å². The van der Waals surface area contributed by atoms with Crippen molar-refractivity contribution in [2.24, 2.45) is 11.8 Å². The van der Waals surface area contributed by atoms with E-state index in [2.05, 4.69) is 4.98 Å². The molecule has 1 fully saturated rings. The van der Waals surface area contributed by atoms with Gasteiger partial charge in [-0.15, -0.1) is 11.8 Å². The zero-order valence-corrected chi connectivity index (χ0v) is 18.8. The molecule has 9 heteroatoms. The molecule has 0 bridgehead atoms. The van der Waals surface area contributed by atoms with Crippen LogP contribution in [-0.2, 0) is 16.0 Å². The van der Waals surface area contributed by atoms with Crippen LogP contribution in [0, 0.1) is 11.8 Å². The van der Waals surface area contributed by atoms with Crippen molar-refractivity contribution in [2.75, 3.05) is 5.75 Å². The first-order valence-corrected chi connectivity index (χ1v) is 9.90. The van der Waals surface area contributed by atoms with Crippen LogP contribution in [0.25, 0.3) is 5.65 Å². The number of thioether (sulfide) groups is 1. The first kappa shape index (κ1) is 21.4. The van der Waals surface area contributed by atoms with Crippen LogP contribution >= 0.6 is 11.8 Å². The standard InChI is InChI=1S/C19H21N3O4S.Na/c1-10-15-14(11(2)23)18(24)22(15)16(19(25)26)17(10)27-8-6-12-9-20-13-5-3-4-7-21(12)13;/h3-5,7,9-11,14-15,23H,6,8H2,1-2H3,(H,25,26);/q;+1/p-1/t10-,11-,14-,15-;/m1./s1. The Bertz CT molecular complexity index is 958. The number of carbonyl (C=O) groups excluding carboxylic acids is 2. The molecule has 0 radical (unpaired) electrons. The zero-order chi connectivity index (χ0) is 19.3. The summed E-state index contributed by atoms with van der Waals surface area (Å²) in [7, 11) is 0. The van der Waals surface area contributed by atoms with Gasteiger partial charge in [0.15, 0.2) is 0 Å². The second kappa shape index (κ2) is 8.20. The predicted molar refractivity (Wildman–Crippen MR) is 98.4 cm³/mol. The SMILES string of the molecule is C[C@@H](O)[C@H]1C(=O)N2C(C(=O)[O-])=C(SCCc3cnc4ccccn34)[C@H](C)[C@H]12.[Na+]. The molecule has 0 aromatic carbocycles. The van der Waals surface area contributed by atoms with E-state index in [4.69, 9.17) is 0 Å². The Hall–Kier alpha value is -1.32. The van der Waals surface area contributed by atoms with Crippen molar-refractivity contribution in [1.82, 2.24) is 14.3 Å². The molecule has 1 N–H and O–H groups in total. The Balaban J connectivity index is 0.00000225. The Labute approximate surface area is 189 Å². The third kappa shape index (κ3) is 3.31. The minimum absolute atomic E-state index is 0. The van der Waals surface area contributed by atoms with Crippen molar-refractivity contribution < 1.29 is 49.4 Å². The minimum atomic E-state index is -1.33. The molecule has 2 aromatic rings. The number of amides is 1. The maximum Gasteiger partial charge on any atom is 1.00 e. The molecule has 2 aliphatic rings. The number of aromatic nitrogens is 2. The molecule has 4 rings (SSSR count). The van der Waals surface area contributed by atoms with E-state index in [-0.39, 0.29) is 53.1 Å². The monoisotopic (exact) mass is 409 g/mol. The number of imidazole rings is 1. The van der Waals surface area contributed by atoms with E-state index in [1.807, 2.05) is 41.9 Å². The maximum atomic E-state index is 12.3. The molecule has 1 amide bonds. The molecule has 4 heterocycles. The van der Waals surface area contributed by atoms with E-state index in [0.29, 0.717) is 17.1 Å². The molecule has 0 aliphatic carbocycles. The molecule has 2 aromatic heterocycles. The van der Waals surface area contributed by atoms with Gasteiger partial charge in [0.05, 0.1) is 29.7 Å². The summed E-state index contributed by atoms with van der Waals surface area (Å²) in [6.45, 7) is 3.48. The third-order valence-corrected chi connectivity index (χ3v) is 6.70. The van der Waals surface area contributed by atoms with Crippen LogP contribution < -0.4 is 34.7 Å². The van der Waals surface area contributed by atoms with E-state index in [9.17, 15) is 19.8 Å². The predicted octanol–water partition coefficient (Wildman–Crippen LogP) is -2.57. The van der Waals surface area contributed by atoms with Crippen LogP contribution in [0.1, 0.15) is 19.5 Å². The van der Waals surface area contributed by atoms with Crippen LogP contribution in [-0.4, -0.2) is 49.2 Å². The number of aliphatic hydroxyl groups excluding tert-OH is 1. The van der Waals surface area contributed by atoms with Gasteiger partial charge in [-0.3, -0.25) is 4.79 Å².